The maximum absolute atomic E-state index is 11.9. The second-order valence-electron chi connectivity index (χ2n) is 12.2. The third kappa shape index (κ3) is 15.1. The van der Waals surface area contributed by atoms with E-state index in [1.54, 1.807) is 0 Å². The third-order valence-electron chi connectivity index (χ3n) is 8.00. The highest BCUT2D eigenvalue weighted by Crippen LogP contribution is 2.85. The number of hydrogen-bond acceptors (Lipinski definition) is 2. The molecule has 0 aromatic heterocycles. The average molecular weight is 3770 g/mol. The summed E-state index contributed by atoms with van der Waals surface area (Å²) in [6, 6.07) is 0. The van der Waals surface area contributed by atoms with Crippen LogP contribution in [-0.4, -0.2) is 75.8 Å². The second kappa shape index (κ2) is 29.0. The Balaban J connectivity index is 8.05. The molecule has 0 bridgehead atoms. The molecule has 47 heteroatoms. The van der Waals surface area contributed by atoms with E-state index in [0.717, 1.165) is 0 Å². The molecular formula is C21HBr43O3S. The predicted octanol–water partition coefficient (Wildman–Crippen LogP) is 31.7. The Morgan fingerprint density at radius 2 is 0.309 bits per heavy atom. The van der Waals surface area contributed by atoms with Crippen LogP contribution < -0.4 is 0 Å². The van der Waals surface area contributed by atoms with Crippen molar-refractivity contribution in [1.29, 1.82) is 0 Å². The quantitative estimate of drug-likeness (QED) is 0.0920. The number of alkyl halides is 43. The lowest BCUT2D eigenvalue weighted by Crippen LogP contribution is -2.74. The Bertz CT molecular complexity index is 1870. The molecule has 0 aliphatic rings. The van der Waals surface area contributed by atoms with E-state index in [4.69, 9.17) is 4.18 Å². The molecular weight excluding hydrogens is 3770 g/mol. The standard InChI is InChI=1S/C21HBr43O3S/c22-1(23,2(24,25)4(28,29)6(32,33)8(36,37)10(40,41)12(44,45)14(48,49)16(52,53)18(56,57)20(60,61)62)3(26,27)5(30,31)7(34,35)9(38,39)11(42,43)13(46,47)15(50,51)17(54,55)19(58,59)21(63,64)67-68(65)66/h(H,65,66). The normalized spacial score (nSPS) is 17.8. The van der Waals surface area contributed by atoms with Crippen LogP contribution in [0.2, 0.25) is 0 Å². The van der Waals surface area contributed by atoms with Crippen LogP contribution >= 0.6 is 685 Å². The van der Waals surface area contributed by atoms with Gasteiger partial charge in [-0.25, -0.2) is 4.18 Å². The van der Waals surface area contributed by atoms with Gasteiger partial charge in [0.25, 0.3) is 0 Å². The van der Waals surface area contributed by atoms with E-state index in [9.17, 15) is 8.76 Å². The zero-order chi connectivity index (χ0) is 56.8. The van der Waals surface area contributed by atoms with Gasteiger partial charge in [-0.05, 0) is 31.9 Å². The predicted molar refractivity (Wildman–Crippen MR) is 453 cm³/mol. The van der Waals surface area contributed by atoms with Crippen LogP contribution in [0.25, 0.3) is 0 Å². The van der Waals surface area contributed by atoms with Crippen LogP contribution in [-0.2, 0) is 15.5 Å². The highest BCUT2D eigenvalue weighted by atomic mass is 80.0. The Morgan fingerprint density at radius 3 is 0.412 bits per heavy atom. The smallest absolute Gasteiger partial charge is 0.284 e. The molecule has 0 saturated heterocycles. The van der Waals surface area contributed by atoms with Gasteiger partial charge in [0.2, 0.25) is 3.42 Å². The molecule has 68 heavy (non-hydrogen) atoms. The molecule has 0 aromatic rings. The van der Waals surface area contributed by atoms with Crippen LogP contribution in [0.4, 0.5) is 0 Å². The molecule has 0 saturated carbocycles. The lowest BCUT2D eigenvalue weighted by molar-refractivity contribution is 0.251. The molecule has 410 valence electrons. The summed E-state index contributed by atoms with van der Waals surface area (Å²) in [4.78, 5) is 0. The highest BCUT2D eigenvalue weighted by Gasteiger charge is 2.85. The van der Waals surface area contributed by atoms with Crippen molar-refractivity contribution in [3.63, 3.8) is 0 Å². The minimum absolute atomic E-state index is 0.949. The molecule has 3 nitrogen and oxygen atoms in total. The van der Waals surface area contributed by atoms with Gasteiger partial charge < -0.3 is 0 Å². The molecule has 1 unspecified atom stereocenters. The summed E-state index contributed by atoms with van der Waals surface area (Å²) >= 11 is 165. The summed E-state index contributed by atoms with van der Waals surface area (Å²) < 4.78 is -2.63. The first-order valence-corrected chi connectivity index (χ1v) is 49.0. The molecule has 0 heterocycles. The van der Waals surface area contributed by atoms with Crippen molar-refractivity contribution in [2.45, 2.75) is 67.0 Å². The van der Waals surface area contributed by atoms with Crippen molar-refractivity contribution in [3.8, 4) is 0 Å². The van der Waals surface area contributed by atoms with Crippen LogP contribution in [0.1, 0.15) is 0 Å². The Hall–Kier alpha value is 20.7. The maximum atomic E-state index is 11.9. The first-order chi connectivity index (χ1) is 28.4. The zero-order valence-corrected chi connectivity index (χ0v) is 97.4. The Labute approximate surface area is 756 Å². The van der Waals surface area contributed by atoms with Crippen molar-refractivity contribution >= 4 is 696 Å². The Morgan fingerprint density at radius 1 is 0.206 bits per heavy atom. The van der Waals surface area contributed by atoms with E-state index in [-0.39, 0.29) is 0 Å². The van der Waals surface area contributed by atoms with Crippen molar-refractivity contribution in [2.75, 3.05) is 0 Å². The van der Waals surface area contributed by atoms with Gasteiger partial charge in [0.15, 0.2) is 5.38 Å². The molecule has 0 aliphatic carbocycles. The number of hydrogen-bond donors (Lipinski definition) is 1. The summed E-state index contributed by atoms with van der Waals surface area (Å²) in [5, 5.41) is 0. The van der Waals surface area contributed by atoms with Gasteiger partial charge in [-0.15, -0.1) is 0 Å². The van der Waals surface area contributed by atoms with Crippen LogP contribution in [0.5, 0.6) is 0 Å². The lowest BCUT2D eigenvalue weighted by atomic mass is 10.0. The van der Waals surface area contributed by atoms with E-state index in [0.29, 0.717) is 0 Å². The molecule has 0 fully saturated rings. The minimum atomic E-state index is -2.74. The molecule has 0 amide bonds. The van der Waals surface area contributed by atoms with Crippen molar-refractivity contribution in [1.82, 2.24) is 0 Å². The number of rotatable bonds is 21. The lowest BCUT2D eigenvalue weighted by Gasteiger charge is -2.63. The largest absolute Gasteiger partial charge is 0.304 e. The van der Waals surface area contributed by atoms with Gasteiger partial charge in [-0.3, -0.25) is 4.55 Å². The van der Waals surface area contributed by atoms with Crippen molar-refractivity contribution in [3.05, 3.63) is 0 Å². The van der Waals surface area contributed by atoms with Gasteiger partial charge >= 0.3 is 11.4 Å². The first-order valence-electron chi connectivity index (χ1n) is 13.8. The fourth-order valence-electron chi connectivity index (χ4n) is 3.85. The summed E-state index contributed by atoms with van der Waals surface area (Å²) in [6.07, 6.45) is 0. The van der Waals surface area contributed by atoms with Gasteiger partial charge in [-0.2, -0.15) is 4.21 Å². The van der Waals surface area contributed by atoms with Crippen molar-refractivity contribution < 1.29 is 12.9 Å². The minimum Gasteiger partial charge on any atom is -0.284 e. The zero-order valence-electron chi connectivity index (χ0n) is 28.4. The monoisotopic (exact) mass is 3730 g/mol. The van der Waals surface area contributed by atoms with Gasteiger partial charge in [0.1, 0.15) is 58.2 Å². The van der Waals surface area contributed by atoms with E-state index in [2.05, 4.69) is 685 Å². The molecule has 0 aliphatic heterocycles. The average Bonchev–Trinajstić information content (AvgIpc) is 3.08. The fourth-order valence-corrected chi connectivity index (χ4v) is 48.8. The van der Waals surface area contributed by atoms with E-state index < -0.39 is 78.4 Å². The summed E-state index contributed by atoms with van der Waals surface area (Å²) in [5.74, 6) is 0. The van der Waals surface area contributed by atoms with Gasteiger partial charge in [0.05, 0.1) is 0 Å². The topological polar surface area (TPSA) is 46.5 Å². The molecule has 0 radical (unpaired) electrons. The van der Waals surface area contributed by atoms with Gasteiger partial charge in [-0.1, -0.05) is 653 Å². The molecule has 0 rings (SSSR count). The van der Waals surface area contributed by atoms with Gasteiger partial charge in [0, 0.05) is 0 Å². The van der Waals surface area contributed by atoms with Crippen LogP contribution in [0.3, 0.4) is 0 Å². The SMILES string of the molecule is O=S(O)OC(Br)(Br)C(Br)(Br)C(Br)(Br)C(Br)(Br)C(Br)(Br)C(Br)(Br)C(Br)(Br)C(Br)(Br)C(Br)(Br)C(Br)(Br)C(Br)(Br)C(Br)(Br)C(Br)(Br)C(Br)(Br)C(Br)(Br)C(Br)(Br)C(Br)(Br)C(Br)(Br)C(Br)(Br)C(Br)(Br)C(Br)(Br)Br. The Kier molecular flexibility index (Phi) is 37.9. The molecule has 1 atom stereocenters. The van der Waals surface area contributed by atoms with E-state index in [1.807, 2.05) is 0 Å². The molecule has 0 aromatic carbocycles. The third-order valence-corrected chi connectivity index (χ3v) is 101. The van der Waals surface area contributed by atoms with E-state index >= 15 is 0 Å². The first kappa shape index (κ1) is 88.7. The fraction of sp³-hybridized carbons (Fsp3) is 1.00. The summed E-state index contributed by atoms with van der Waals surface area (Å²) in [6.45, 7) is 0. The van der Waals surface area contributed by atoms with Crippen LogP contribution in [0, 0.1) is 0 Å². The number of halogens is 43. The highest BCUT2D eigenvalue weighted by molar-refractivity contribution is 9.43. The summed E-state index contributed by atoms with van der Waals surface area (Å²) in [5.41, 5.74) is 0. The van der Waals surface area contributed by atoms with Crippen molar-refractivity contribution in [2.24, 2.45) is 0 Å². The molecule has 0 spiro atoms. The summed E-state index contributed by atoms with van der Waals surface area (Å²) in [7, 11) is 0. The maximum Gasteiger partial charge on any atom is 0.304 e. The van der Waals surface area contributed by atoms with Crippen LogP contribution in [0.15, 0.2) is 0 Å². The second-order valence-corrected chi connectivity index (χ2v) is 88.3. The van der Waals surface area contributed by atoms with E-state index in [1.165, 1.54) is 0 Å². The molecule has 1 N–H and O–H groups in total.